The van der Waals surface area contributed by atoms with Gasteiger partial charge in [0.25, 0.3) is 11.2 Å². The van der Waals surface area contributed by atoms with Crippen LogP contribution in [0.1, 0.15) is 43.1 Å². The normalized spacial score (nSPS) is 12.2. The van der Waals surface area contributed by atoms with E-state index in [9.17, 15) is 14.9 Å². The van der Waals surface area contributed by atoms with Gasteiger partial charge in [-0.2, -0.15) is 9.78 Å². The Labute approximate surface area is 248 Å². The van der Waals surface area contributed by atoms with E-state index in [0.717, 1.165) is 29.2 Å². The molecule has 0 aliphatic heterocycles. The zero-order chi connectivity index (χ0) is 26.7. The predicted octanol–water partition coefficient (Wildman–Crippen LogP) is 7.25. The van der Waals surface area contributed by atoms with Crippen molar-refractivity contribution in [1.82, 2.24) is 9.66 Å². The van der Waals surface area contributed by atoms with Crippen molar-refractivity contribution < 1.29 is 9.66 Å². The van der Waals surface area contributed by atoms with Crippen LogP contribution in [0, 0.1) is 17.3 Å². The molecular formula is C26H21BrI2N4O4. The van der Waals surface area contributed by atoms with Crippen LogP contribution >= 0.6 is 61.1 Å². The first-order chi connectivity index (χ1) is 17.7. The van der Waals surface area contributed by atoms with Gasteiger partial charge >= 0.3 is 0 Å². The van der Waals surface area contributed by atoms with E-state index in [1.165, 1.54) is 16.8 Å². The van der Waals surface area contributed by atoms with Crippen molar-refractivity contribution in [2.75, 3.05) is 0 Å². The molecule has 0 N–H and O–H groups in total. The summed E-state index contributed by atoms with van der Waals surface area (Å²) in [5, 5.41) is 15.9. The van der Waals surface area contributed by atoms with Crippen molar-refractivity contribution in [2.24, 2.45) is 5.10 Å². The molecule has 0 aliphatic carbocycles. The highest BCUT2D eigenvalue weighted by atomic mass is 127. The molecule has 0 radical (unpaired) electrons. The Kier molecular flexibility index (Phi) is 8.95. The number of non-ortho nitro benzene ring substituents is 1. The molecule has 1 heterocycles. The molecule has 1 atom stereocenters. The van der Waals surface area contributed by atoms with Crippen LogP contribution in [0.4, 0.5) is 5.69 Å². The van der Waals surface area contributed by atoms with Gasteiger partial charge in [-0.25, -0.2) is 4.98 Å². The largest absolute Gasteiger partial charge is 0.487 e. The van der Waals surface area contributed by atoms with E-state index in [4.69, 9.17) is 9.72 Å². The number of ether oxygens (including phenoxy) is 1. The third-order valence-corrected chi connectivity index (χ3v) is 7.86. The summed E-state index contributed by atoms with van der Waals surface area (Å²) < 4.78 is 9.97. The molecule has 0 fully saturated rings. The van der Waals surface area contributed by atoms with Gasteiger partial charge in [-0.3, -0.25) is 14.9 Å². The van der Waals surface area contributed by atoms with E-state index in [2.05, 4.69) is 73.1 Å². The number of nitrogens with zero attached hydrogens (tertiary/aromatic N) is 4. The lowest BCUT2D eigenvalue weighted by Crippen LogP contribution is -2.23. The lowest BCUT2D eigenvalue weighted by molar-refractivity contribution is -0.384. The lowest BCUT2D eigenvalue weighted by atomic mass is 10.1. The summed E-state index contributed by atoms with van der Waals surface area (Å²) in [7, 11) is 0. The van der Waals surface area contributed by atoms with Crippen LogP contribution in [0.25, 0.3) is 10.9 Å². The van der Waals surface area contributed by atoms with Crippen molar-refractivity contribution in [3.63, 3.8) is 0 Å². The third kappa shape index (κ3) is 6.37. The summed E-state index contributed by atoms with van der Waals surface area (Å²) in [5.74, 6) is 1.38. The fourth-order valence-corrected chi connectivity index (χ4v) is 6.05. The number of hydrogen-bond acceptors (Lipinski definition) is 6. The third-order valence-electron chi connectivity index (χ3n) is 5.76. The molecule has 3 aromatic carbocycles. The van der Waals surface area contributed by atoms with Gasteiger partial charge in [0.2, 0.25) is 0 Å². The van der Waals surface area contributed by atoms with Crippen molar-refractivity contribution in [3.8, 4) is 5.75 Å². The highest BCUT2D eigenvalue weighted by Gasteiger charge is 2.16. The zero-order valence-corrected chi connectivity index (χ0v) is 25.7. The first kappa shape index (κ1) is 27.6. The Morgan fingerprint density at radius 2 is 1.84 bits per heavy atom. The van der Waals surface area contributed by atoms with Crippen LogP contribution in [-0.2, 0) is 6.61 Å². The van der Waals surface area contributed by atoms with Gasteiger partial charge in [0.05, 0.1) is 29.2 Å². The summed E-state index contributed by atoms with van der Waals surface area (Å²) in [5.41, 5.74) is 2.11. The second-order valence-corrected chi connectivity index (χ2v) is 11.6. The van der Waals surface area contributed by atoms with E-state index in [-0.39, 0.29) is 23.8 Å². The molecule has 8 nitrogen and oxygen atoms in total. The summed E-state index contributed by atoms with van der Waals surface area (Å²) >= 11 is 7.83. The van der Waals surface area contributed by atoms with Crippen molar-refractivity contribution >= 4 is 83.9 Å². The Bertz CT molecular complexity index is 1550. The highest BCUT2D eigenvalue weighted by molar-refractivity contribution is 14.1. The van der Waals surface area contributed by atoms with E-state index in [0.29, 0.717) is 22.5 Å². The Balaban J connectivity index is 1.62. The molecule has 0 unspecified atom stereocenters. The summed E-state index contributed by atoms with van der Waals surface area (Å²) in [4.78, 5) is 28.5. The topological polar surface area (TPSA) is 99.6 Å². The predicted molar refractivity (Wildman–Crippen MR) is 165 cm³/mol. The second-order valence-electron chi connectivity index (χ2n) is 8.33. The molecule has 0 bridgehead atoms. The minimum atomic E-state index is -0.427. The fourth-order valence-electron chi connectivity index (χ4n) is 3.56. The number of hydrogen-bond donors (Lipinski definition) is 0. The highest BCUT2D eigenvalue weighted by Crippen LogP contribution is 2.30. The van der Waals surface area contributed by atoms with Crippen LogP contribution in [-0.4, -0.2) is 20.8 Å². The average molecular weight is 787 g/mol. The molecule has 4 aromatic rings. The molecule has 190 valence electrons. The quantitative estimate of drug-likeness (QED) is 0.0812. The number of aromatic nitrogens is 2. The fraction of sp³-hybridized carbons (Fsp3) is 0.192. The average Bonchev–Trinajstić information content (AvgIpc) is 2.87. The van der Waals surface area contributed by atoms with E-state index in [1.54, 1.807) is 24.4 Å². The zero-order valence-electron chi connectivity index (χ0n) is 19.8. The van der Waals surface area contributed by atoms with Crippen LogP contribution < -0.4 is 10.3 Å². The minimum absolute atomic E-state index is 0.0430. The van der Waals surface area contributed by atoms with E-state index >= 15 is 0 Å². The first-order valence-corrected chi connectivity index (χ1v) is 14.2. The van der Waals surface area contributed by atoms with Gasteiger partial charge < -0.3 is 4.74 Å². The molecule has 0 spiro atoms. The van der Waals surface area contributed by atoms with Crippen LogP contribution in [0.15, 0.2) is 69.0 Å². The van der Waals surface area contributed by atoms with Gasteiger partial charge in [0.1, 0.15) is 18.2 Å². The van der Waals surface area contributed by atoms with E-state index < -0.39 is 4.92 Å². The summed E-state index contributed by atoms with van der Waals surface area (Å²) in [6, 6.07) is 15.6. The first-order valence-electron chi connectivity index (χ1n) is 11.3. The van der Waals surface area contributed by atoms with Gasteiger partial charge in [-0.05, 0) is 105 Å². The van der Waals surface area contributed by atoms with E-state index in [1.807, 2.05) is 31.2 Å². The Morgan fingerprint density at radius 1 is 1.16 bits per heavy atom. The molecule has 37 heavy (non-hydrogen) atoms. The number of nitro groups is 1. The van der Waals surface area contributed by atoms with Crippen LogP contribution in [0.5, 0.6) is 5.75 Å². The summed E-state index contributed by atoms with van der Waals surface area (Å²) in [6.45, 7) is 4.36. The number of benzene rings is 3. The number of rotatable bonds is 8. The van der Waals surface area contributed by atoms with Crippen molar-refractivity contribution in [2.45, 2.75) is 32.8 Å². The number of nitro benzene ring substituents is 1. The summed E-state index contributed by atoms with van der Waals surface area (Å²) in [6.07, 6.45) is 2.48. The van der Waals surface area contributed by atoms with Gasteiger partial charge in [-0.15, -0.1) is 0 Å². The minimum Gasteiger partial charge on any atom is -0.487 e. The molecular weight excluding hydrogens is 766 g/mol. The van der Waals surface area contributed by atoms with Gasteiger partial charge in [0, 0.05) is 22.5 Å². The number of halogens is 3. The van der Waals surface area contributed by atoms with Crippen molar-refractivity contribution in [3.05, 3.63) is 104 Å². The molecule has 4 rings (SSSR count). The maximum absolute atomic E-state index is 13.3. The maximum atomic E-state index is 13.3. The molecule has 0 saturated heterocycles. The van der Waals surface area contributed by atoms with Crippen LogP contribution in [0.3, 0.4) is 0 Å². The molecule has 1 aromatic heterocycles. The lowest BCUT2D eigenvalue weighted by Gasteiger charge is -2.14. The SMILES string of the molecule is CC[C@H](C)c1nc2ccc(Br)cc2c(=O)n1N=Cc1cc(I)c(OCc2ccc([N+](=O)[O-])cc2)c(I)c1. The van der Waals surface area contributed by atoms with Crippen LogP contribution in [0.2, 0.25) is 0 Å². The molecule has 0 aliphatic rings. The number of fused-ring (bicyclic) bond motifs is 1. The molecule has 0 amide bonds. The monoisotopic (exact) mass is 786 g/mol. The Morgan fingerprint density at radius 3 is 2.46 bits per heavy atom. The smallest absolute Gasteiger partial charge is 0.282 e. The Hall–Kier alpha value is -2.39. The standard InChI is InChI=1S/C26H21BrI2N4O4/c1-3-15(2)25-31-23-9-6-18(27)12-20(23)26(34)32(25)30-13-17-10-21(28)24(22(29)11-17)37-14-16-4-7-19(8-5-16)33(35)36/h4-13,15H,3,14H2,1-2H3/t15-/m0/s1. The molecule has 0 saturated carbocycles. The second kappa shape index (κ2) is 12.0. The van der Waals surface area contributed by atoms with Crippen molar-refractivity contribution in [1.29, 1.82) is 0 Å². The molecule has 11 heteroatoms. The van der Waals surface area contributed by atoms with Gasteiger partial charge in [-0.1, -0.05) is 29.8 Å². The van der Waals surface area contributed by atoms with Gasteiger partial charge in [0.15, 0.2) is 0 Å². The maximum Gasteiger partial charge on any atom is 0.282 e.